The minimum Gasteiger partial charge on any atom is -0.489 e. The number of halogens is 1. The normalized spacial score (nSPS) is 12.7. The number of carbonyl (C=O) groups is 3. The number of rotatable bonds is 9. The number of fused-ring (bicyclic) bond motifs is 2. The Kier molecular flexibility index (Phi) is 7.51. The second-order valence-corrected chi connectivity index (χ2v) is 9.61. The number of nitrogens with zero attached hydrogens (tertiary/aromatic N) is 1. The minimum absolute atomic E-state index is 0.0188. The molecule has 1 aliphatic rings. The molecule has 0 unspecified atom stereocenters. The fraction of sp³-hybridized carbons (Fsp3) is 0.219. The van der Waals surface area contributed by atoms with Gasteiger partial charge in [-0.2, -0.15) is 0 Å². The standard InChI is InChI=1S/C32H28FNO6/c1-4-38-26(35)17-21-14-15-25(24(33)16-21)34-31(36)27-28(32(34)37)30(40-19(2)3)23-13-9-8-12-22(23)29(27)39-18-20-10-6-5-7-11-20/h5-16,19H,4,17-18H2,1-3H3. The number of carbonyl (C=O) groups excluding carboxylic acids is 3. The average molecular weight is 542 g/mol. The summed E-state index contributed by atoms with van der Waals surface area (Å²) in [6.07, 6.45) is -0.443. The number of amides is 2. The molecule has 2 amide bonds. The monoisotopic (exact) mass is 541 g/mol. The number of esters is 1. The number of benzene rings is 4. The molecule has 5 rings (SSSR count). The second kappa shape index (κ2) is 11.2. The van der Waals surface area contributed by atoms with E-state index in [9.17, 15) is 14.4 Å². The summed E-state index contributed by atoms with van der Waals surface area (Å²) in [5.74, 6) is -2.29. The van der Waals surface area contributed by atoms with Gasteiger partial charge < -0.3 is 14.2 Å². The Bertz CT molecular complexity index is 1620. The highest BCUT2D eigenvalue weighted by Crippen LogP contribution is 2.47. The minimum atomic E-state index is -0.820. The summed E-state index contributed by atoms with van der Waals surface area (Å²) in [5.41, 5.74) is 1.05. The highest BCUT2D eigenvalue weighted by atomic mass is 19.1. The Hall–Kier alpha value is -4.72. The molecular formula is C32H28FNO6. The molecular weight excluding hydrogens is 513 g/mol. The van der Waals surface area contributed by atoms with Gasteiger partial charge in [-0.05, 0) is 44.0 Å². The molecule has 0 aliphatic carbocycles. The van der Waals surface area contributed by atoms with Crippen LogP contribution in [0, 0.1) is 5.82 Å². The molecule has 8 heteroatoms. The fourth-order valence-corrected chi connectivity index (χ4v) is 4.78. The zero-order chi connectivity index (χ0) is 28.4. The van der Waals surface area contributed by atoms with Crippen LogP contribution in [0.1, 0.15) is 52.6 Å². The van der Waals surface area contributed by atoms with Crippen molar-refractivity contribution in [3.63, 3.8) is 0 Å². The van der Waals surface area contributed by atoms with Gasteiger partial charge in [-0.1, -0.05) is 60.7 Å². The quantitative estimate of drug-likeness (QED) is 0.184. The summed E-state index contributed by atoms with van der Waals surface area (Å²) in [6, 6.07) is 20.6. The molecule has 0 saturated carbocycles. The van der Waals surface area contributed by atoms with Gasteiger partial charge in [0.15, 0.2) is 0 Å². The maximum absolute atomic E-state index is 15.4. The number of anilines is 1. The summed E-state index contributed by atoms with van der Waals surface area (Å²) in [5, 5.41) is 1.20. The summed E-state index contributed by atoms with van der Waals surface area (Å²) in [7, 11) is 0. The van der Waals surface area contributed by atoms with Crippen molar-refractivity contribution < 1.29 is 33.0 Å². The number of ether oxygens (including phenoxy) is 3. The molecule has 0 fully saturated rings. The molecule has 0 N–H and O–H groups in total. The molecule has 0 spiro atoms. The third-order valence-electron chi connectivity index (χ3n) is 6.44. The Morgan fingerprint density at radius 3 is 2.10 bits per heavy atom. The third kappa shape index (κ3) is 5.00. The van der Waals surface area contributed by atoms with E-state index in [1.807, 2.05) is 56.3 Å². The van der Waals surface area contributed by atoms with Gasteiger partial charge in [-0.15, -0.1) is 0 Å². The topological polar surface area (TPSA) is 82.1 Å². The smallest absolute Gasteiger partial charge is 0.310 e. The molecule has 0 atom stereocenters. The molecule has 0 radical (unpaired) electrons. The summed E-state index contributed by atoms with van der Waals surface area (Å²) in [4.78, 5) is 40.5. The lowest BCUT2D eigenvalue weighted by molar-refractivity contribution is -0.142. The molecule has 0 aromatic heterocycles. The lowest BCUT2D eigenvalue weighted by atomic mass is 9.98. The van der Waals surface area contributed by atoms with Crippen molar-refractivity contribution in [2.45, 2.75) is 39.9 Å². The maximum atomic E-state index is 15.4. The van der Waals surface area contributed by atoms with Gasteiger partial charge in [-0.3, -0.25) is 14.4 Å². The molecule has 4 aromatic rings. The predicted molar refractivity (Wildman–Crippen MR) is 148 cm³/mol. The predicted octanol–water partition coefficient (Wildman–Crippen LogP) is 6.25. The van der Waals surface area contributed by atoms with Crippen LogP contribution in [0.5, 0.6) is 11.5 Å². The van der Waals surface area contributed by atoms with E-state index in [4.69, 9.17) is 14.2 Å². The Labute approximate surface area is 231 Å². The van der Waals surface area contributed by atoms with Crippen molar-refractivity contribution in [3.8, 4) is 11.5 Å². The lowest BCUT2D eigenvalue weighted by Crippen LogP contribution is -2.30. The van der Waals surface area contributed by atoms with Gasteiger partial charge in [-0.25, -0.2) is 9.29 Å². The van der Waals surface area contributed by atoms with Gasteiger partial charge in [0.25, 0.3) is 11.8 Å². The number of imide groups is 1. The van der Waals surface area contributed by atoms with E-state index in [2.05, 4.69) is 0 Å². The molecule has 7 nitrogen and oxygen atoms in total. The number of hydrogen-bond acceptors (Lipinski definition) is 6. The largest absolute Gasteiger partial charge is 0.489 e. The Morgan fingerprint density at radius 2 is 1.48 bits per heavy atom. The van der Waals surface area contributed by atoms with E-state index in [-0.39, 0.29) is 54.1 Å². The van der Waals surface area contributed by atoms with Gasteiger partial charge in [0.2, 0.25) is 0 Å². The first-order valence-corrected chi connectivity index (χ1v) is 13.0. The molecule has 0 saturated heterocycles. The average Bonchev–Trinajstić information content (AvgIpc) is 3.18. The van der Waals surface area contributed by atoms with Gasteiger partial charge in [0, 0.05) is 10.8 Å². The molecule has 40 heavy (non-hydrogen) atoms. The first-order chi connectivity index (χ1) is 19.3. The van der Waals surface area contributed by atoms with Crippen LogP contribution in [0.4, 0.5) is 10.1 Å². The van der Waals surface area contributed by atoms with E-state index in [1.54, 1.807) is 19.1 Å². The van der Waals surface area contributed by atoms with Crippen LogP contribution in [0.15, 0.2) is 72.8 Å². The van der Waals surface area contributed by atoms with Gasteiger partial charge in [0.05, 0.1) is 35.9 Å². The summed E-state index contributed by atoms with van der Waals surface area (Å²) < 4.78 is 32.7. The zero-order valence-corrected chi connectivity index (χ0v) is 22.4. The number of hydrogen-bond donors (Lipinski definition) is 0. The van der Waals surface area contributed by atoms with Crippen LogP contribution in [-0.4, -0.2) is 30.5 Å². The first-order valence-electron chi connectivity index (χ1n) is 13.0. The zero-order valence-electron chi connectivity index (χ0n) is 22.4. The molecule has 204 valence electrons. The van der Waals surface area contributed by atoms with E-state index >= 15 is 4.39 Å². The molecule has 4 aromatic carbocycles. The van der Waals surface area contributed by atoms with Crippen LogP contribution in [0.3, 0.4) is 0 Å². The van der Waals surface area contributed by atoms with Crippen LogP contribution >= 0.6 is 0 Å². The summed E-state index contributed by atoms with van der Waals surface area (Å²) in [6.45, 7) is 5.69. The fourth-order valence-electron chi connectivity index (χ4n) is 4.78. The second-order valence-electron chi connectivity index (χ2n) is 9.61. The Morgan fingerprint density at radius 1 is 0.850 bits per heavy atom. The molecule has 0 bridgehead atoms. The highest BCUT2D eigenvalue weighted by Gasteiger charge is 2.44. The van der Waals surface area contributed by atoms with Crippen molar-refractivity contribution in [3.05, 3.63) is 101 Å². The maximum Gasteiger partial charge on any atom is 0.310 e. The van der Waals surface area contributed by atoms with Gasteiger partial charge in [0.1, 0.15) is 23.9 Å². The van der Waals surface area contributed by atoms with Crippen LogP contribution < -0.4 is 14.4 Å². The van der Waals surface area contributed by atoms with Crippen molar-refractivity contribution in [2.75, 3.05) is 11.5 Å². The highest BCUT2D eigenvalue weighted by molar-refractivity contribution is 6.38. The van der Waals surface area contributed by atoms with E-state index in [0.29, 0.717) is 16.3 Å². The van der Waals surface area contributed by atoms with Gasteiger partial charge >= 0.3 is 5.97 Å². The van der Waals surface area contributed by atoms with Crippen molar-refractivity contribution >= 4 is 34.2 Å². The molecule has 1 heterocycles. The first kappa shape index (κ1) is 26.9. The van der Waals surface area contributed by atoms with Crippen LogP contribution in [-0.2, 0) is 22.6 Å². The van der Waals surface area contributed by atoms with Crippen molar-refractivity contribution in [1.29, 1.82) is 0 Å². The van der Waals surface area contributed by atoms with Crippen LogP contribution in [0.25, 0.3) is 10.8 Å². The van der Waals surface area contributed by atoms with E-state index in [0.717, 1.165) is 16.5 Å². The summed E-state index contributed by atoms with van der Waals surface area (Å²) >= 11 is 0. The molecule has 1 aliphatic heterocycles. The van der Waals surface area contributed by atoms with Crippen molar-refractivity contribution in [2.24, 2.45) is 0 Å². The Balaban J connectivity index is 1.63. The van der Waals surface area contributed by atoms with E-state index < -0.39 is 23.6 Å². The van der Waals surface area contributed by atoms with Crippen LogP contribution in [0.2, 0.25) is 0 Å². The SMILES string of the molecule is CCOC(=O)Cc1ccc(N2C(=O)c3c(c(OC(C)C)c4ccccc4c3OCc3ccccc3)C2=O)c(F)c1. The lowest BCUT2D eigenvalue weighted by Gasteiger charge is -2.19. The van der Waals surface area contributed by atoms with Crippen molar-refractivity contribution in [1.82, 2.24) is 0 Å². The third-order valence-corrected chi connectivity index (χ3v) is 6.44. The van der Waals surface area contributed by atoms with E-state index in [1.165, 1.54) is 12.1 Å².